The summed E-state index contributed by atoms with van der Waals surface area (Å²) in [5.74, 6) is 1.41. The molecular weight excluding hydrogens is 144 g/mol. The van der Waals surface area contributed by atoms with Crippen LogP contribution in [0.15, 0.2) is 23.8 Å². The van der Waals surface area contributed by atoms with E-state index in [2.05, 4.69) is 52.8 Å². The summed E-state index contributed by atoms with van der Waals surface area (Å²) in [6, 6.07) is 0. The molecule has 0 heteroatoms. The quantitative estimate of drug-likeness (QED) is 0.549. The Hall–Kier alpha value is -0.520. The third kappa shape index (κ3) is 3.75. The van der Waals surface area contributed by atoms with Gasteiger partial charge in [-0.05, 0) is 30.8 Å². The summed E-state index contributed by atoms with van der Waals surface area (Å²) >= 11 is 0. The van der Waals surface area contributed by atoms with Crippen molar-refractivity contribution in [1.29, 1.82) is 0 Å². The molecule has 0 nitrogen and oxygen atoms in total. The molecule has 0 saturated carbocycles. The Morgan fingerprint density at radius 1 is 1.25 bits per heavy atom. The number of hydrogen-bond acceptors (Lipinski definition) is 0. The Kier molecular flexibility index (Phi) is 5.79. The average molecular weight is 166 g/mol. The Morgan fingerprint density at radius 3 is 2.17 bits per heavy atom. The van der Waals surface area contributed by atoms with Crippen molar-refractivity contribution in [3.05, 3.63) is 23.8 Å². The van der Waals surface area contributed by atoms with Crippen LogP contribution in [0, 0.1) is 11.8 Å². The lowest BCUT2D eigenvalue weighted by Gasteiger charge is -2.16. The summed E-state index contributed by atoms with van der Waals surface area (Å²) in [6.07, 6.45) is 7.83. The lowest BCUT2D eigenvalue weighted by Crippen LogP contribution is -2.05. The molecule has 0 fully saturated rings. The highest BCUT2D eigenvalue weighted by molar-refractivity contribution is 5.20. The van der Waals surface area contributed by atoms with E-state index in [9.17, 15) is 0 Å². The van der Waals surface area contributed by atoms with E-state index in [0.29, 0.717) is 5.92 Å². The molecule has 0 bridgehead atoms. The first-order valence-electron chi connectivity index (χ1n) is 4.96. The van der Waals surface area contributed by atoms with Crippen molar-refractivity contribution in [2.24, 2.45) is 11.8 Å². The molecule has 0 spiro atoms. The van der Waals surface area contributed by atoms with Gasteiger partial charge < -0.3 is 0 Å². The molecule has 0 N–H and O–H groups in total. The summed E-state index contributed by atoms with van der Waals surface area (Å²) in [5, 5.41) is 0. The van der Waals surface area contributed by atoms with Crippen LogP contribution >= 0.6 is 0 Å². The second kappa shape index (κ2) is 6.05. The van der Waals surface area contributed by atoms with Crippen molar-refractivity contribution in [3.8, 4) is 0 Å². The normalized spacial score (nSPS) is 16.0. The van der Waals surface area contributed by atoms with Crippen molar-refractivity contribution >= 4 is 0 Å². The van der Waals surface area contributed by atoms with E-state index in [4.69, 9.17) is 0 Å². The second-order valence-electron chi connectivity index (χ2n) is 3.63. The average Bonchev–Trinajstić information content (AvgIpc) is 2.05. The molecule has 1 atom stereocenters. The fraction of sp³-hybridized carbons (Fsp3) is 0.667. The van der Waals surface area contributed by atoms with Gasteiger partial charge in [-0.25, -0.2) is 0 Å². The highest BCUT2D eigenvalue weighted by Crippen LogP contribution is 2.20. The minimum Gasteiger partial charge on any atom is -0.0845 e. The lowest BCUT2D eigenvalue weighted by atomic mass is 9.89. The van der Waals surface area contributed by atoms with E-state index >= 15 is 0 Å². The van der Waals surface area contributed by atoms with Crippen molar-refractivity contribution in [2.45, 2.75) is 41.0 Å². The molecule has 0 aromatic rings. The lowest BCUT2D eigenvalue weighted by molar-refractivity contribution is 0.487. The van der Waals surface area contributed by atoms with Gasteiger partial charge in [-0.1, -0.05) is 45.9 Å². The van der Waals surface area contributed by atoms with E-state index in [1.165, 1.54) is 5.57 Å². The molecule has 70 valence electrons. The Bertz CT molecular complexity index is 161. The molecule has 12 heavy (non-hydrogen) atoms. The molecule has 0 aromatic heterocycles. The van der Waals surface area contributed by atoms with Gasteiger partial charge in [-0.3, -0.25) is 0 Å². The van der Waals surface area contributed by atoms with Crippen LogP contribution in [0.2, 0.25) is 0 Å². The smallest absolute Gasteiger partial charge is 0.0171 e. The van der Waals surface area contributed by atoms with E-state index in [1.807, 2.05) is 0 Å². The minimum absolute atomic E-state index is 0.679. The van der Waals surface area contributed by atoms with Crippen LogP contribution in [0.4, 0.5) is 0 Å². The second-order valence-corrected chi connectivity index (χ2v) is 3.63. The fourth-order valence-corrected chi connectivity index (χ4v) is 1.15. The van der Waals surface area contributed by atoms with Crippen molar-refractivity contribution < 1.29 is 0 Å². The first kappa shape index (κ1) is 11.5. The molecule has 0 rings (SSSR count). The molecule has 0 aliphatic heterocycles. The first-order valence-corrected chi connectivity index (χ1v) is 4.96. The van der Waals surface area contributed by atoms with Crippen molar-refractivity contribution in [2.75, 3.05) is 0 Å². The summed E-state index contributed by atoms with van der Waals surface area (Å²) in [4.78, 5) is 0. The minimum atomic E-state index is 0.679. The molecule has 0 radical (unpaired) electrons. The first-order chi connectivity index (χ1) is 5.63. The molecular formula is C12H22. The third-order valence-electron chi connectivity index (χ3n) is 2.41. The van der Waals surface area contributed by atoms with E-state index in [-0.39, 0.29) is 0 Å². The van der Waals surface area contributed by atoms with Crippen LogP contribution in [0.25, 0.3) is 0 Å². The monoisotopic (exact) mass is 166 g/mol. The van der Waals surface area contributed by atoms with Crippen molar-refractivity contribution in [3.63, 3.8) is 0 Å². The van der Waals surface area contributed by atoms with E-state index in [0.717, 1.165) is 12.3 Å². The van der Waals surface area contributed by atoms with Gasteiger partial charge in [-0.2, -0.15) is 0 Å². The summed E-state index contributed by atoms with van der Waals surface area (Å²) in [6.45, 7) is 11.1. The third-order valence-corrected chi connectivity index (χ3v) is 2.41. The van der Waals surface area contributed by atoms with E-state index in [1.54, 1.807) is 0 Å². The zero-order valence-corrected chi connectivity index (χ0v) is 9.09. The molecule has 1 unspecified atom stereocenters. The maximum absolute atomic E-state index is 2.29. The predicted molar refractivity (Wildman–Crippen MR) is 57.2 cm³/mol. The zero-order chi connectivity index (χ0) is 9.56. The molecule has 0 aliphatic rings. The maximum Gasteiger partial charge on any atom is -0.0171 e. The highest BCUT2D eigenvalue weighted by Gasteiger charge is 2.08. The van der Waals surface area contributed by atoms with Crippen LogP contribution in [0.5, 0.6) is 0 Å². The van der Waals surface area contributed by atoms with Gasteiger partial charge >= 0.3 is 0 Å². The van der Waals surface area contributed by atoms with Gasteiger partial charge in [0, 0.05) is 0 Å². The van der Waals surface area contributed by atoms with Gasteiger partial charge in [0.2, 0.25) is 0 Å². The summed E-state index contributed by atoms with van der Waals surface area (Å²) in [7, 11) is 0. The number of rotatable bonds is 4. The van der Waals surface area contributed by atoms with Crippen molar-refractivity contribution in [1.82, 2.24) is 0 Å². The standard InChI is InChI=1S/C12H22/c1-6-8-9-12(7-2)11(5)10(3)4/h7-11H,6H2,1-5H3. The van der Waals surface area contributed by atoms with Crippen LogP contribution in [0.3, 0.4) is 0 Å². The number of hydrogen-bond donors (Lipinski definition) is 0. The van der Waals surface area contributed by atoms with E-state index < -0.39 is 0 Å². The number of allylic oxidation sites excluding steroid dienone is 4. The predicted octanol–water partition coefficient (Wildman–Crippen LogP) is 4.19. The summed E-state index contributed by atoms with van der Waals surface area (Å²) < 4.78 is 0. The SMILES string of the molecule is CC=C(C=CCC)C(C)C(C)C. The fourth-order valence-electron chi connectivity index (χ4n) is 1.15. The summed E-state index contributed by atoms with van der Waals surface area (Å²) in [5.41, 5.74) is 1.46. The topological polar surface area (TPSA) is 0 Å². The molecule has 0 aliphatic carbocycles. The van der Waals surface area contributed by atoms with Gasteiger partial charge in [0.1, 0.15) is 0 Å². The Morgan fingerprint density at radius 2 is 1.83 bits per heavy atom. The van der Waals surface area contributed by atoms with Crippen LogP contribution < -0.4 is 0 Å². The molecule has 0 aromatic carbocycles. The highest BCUT2D eigenvalue weighted by atomic mass is 14.1. The largest absolute Gasteiger partial charge is 0.0845 e. The Balaban J connectivity index is 4.26. The maximum atomic E-state index is 2.29. The van der Waals surface area contributed by atoms with Crippen LogP contribution in [0.1, 0.15) is 41.0 Å². The van der Waals surface area contributed by atoms with Gasteiger partial charge in [-0.15, -0.1) is 0 Å². The van der Waals surface area contributed by atoms with Crippen LogP contribution in [-0.4, -0.2) is 0 Å². The molecule has 0 heterocycles. The Labute approximate surface area is 77.4 Å². The molecule has 0 amide bonds. The van der Waals surface area contributed by atoms with Gasteiger partial charge in [0.05, 0.1) is 0 Å². The zero-order valence-electron chi connectivity index (χ0n) is 9.09. The van der Waals surface area contributed by atoms with Gasteiger partial charge in [0.25, 0.3) is 0 Å². The van der Waals surface area contributed by atoms with Gasteiger partial charge in [0.15, 0.2) is 0 Å². The molecule has 0 saturated heterocycles. The van der Waals surface area contributed by atoms with Crippen LogP contribution in [-0.2, 0) is 0 Å².